The molecule has 0 aliphatic heterocycles. The molecule has 160 valence electrons. The van der Waals surface area contributed by atoms with Crippen LogP contribution in [0.5, 0.6) is 11.5 Å². The van der Waals surface area contributed by atoms with Crippen molar-refractivity contribution in [2.75, 3.05) is 14.2 Å². The van der Waals surface area contributed by atoms with E-state index in [1.807, 2.05) is 48.5 Å². The molecule has 0 N–H and O–H groups in total. The first-order valence-corrected chi connectivity index (χ1v) is 16.3. The Morgan fingerprint density at radius 3 is 1.39 bits per heavy atom. The van der Waals surface area contributed by atoms with Crippen LogP contribution in [0.2, 0.25) is 7.25 Å². The maximum absolute atomic E-state index is 7.02. The van der Waals surface area contributed by atoms with Gasteiger partial charge in [-0.25, -0.2) is 0 Å². The first-order chi connectivity index (χ1) is 15.3. The van der Waals surface area contributed by atoms with Crippen LogP contribution in [0.1, 0.15) is 0 Å². The van der Waals surface area contributed by atoms with Crippen LogP contribution in [0.25, 0.3) is 0 Å². The van der Waals surface area contributed by atoms with Crippen LogP contribution < -0.4 is 5.63 Å². The van der Waals surface area contributed by atoms with Crippen molar-refractivity contribution in [3.8, 4) is 11.5 Å². The van der Waals surface area contributed by atoms with Crippen LogP contribution in [0.4, 0.5) is 0 Å². The van der Waals surface area contributed by atoms with Gasteiger partial charge in [-0.3, -0.25) is 0 Å². The van der Waals surface area contributed by atoms with Crippen LogP contribution in [-0.2, 0) is 29.5 Å². The fraction of sp³-hybridized carbons (Fsp3) is 0.167. The van der Waals surface area contributed by atoms with Crippen molar-refractivity contribution in [1.82, 2.24) is 0 Å². The third-order valence-corrected chi connectivity index (χ3v) is 15.5. The summed E-state index contributed by atoms with van der Waals surface area (Å²) in [5, 5.41) is 0. The van der Waals surface area contributed by atoms with Crippen molar-refractivity contribution >= 4 is 24.1 Å². The van der Waals surface area contributed by atoms with Crippen molar-refractivity contribution in [1.29, 1.82) is 0 Å². The van der Waals surface area contributed by atoms with Crippen molar-refractivity contribution in [2.45, 2.75) is 17.0 Å². The Hall–Kier alpha value is -1.50. The van der Waals surface area contributed by atoms with Crippen LogP contribution in [-0.4, -0.2) is 14.2 Å². The molecule has 0 radical (unpaired) electrons. The molecule has 0 saturated heterocycles. The van der Waals surface area contributed by atoms with E-state index < -0.39 is 21.1 Å². The van der Waals surface area contributed by atoms with E-state index in [-0.39, 0.29) is 7.25 Å². The minimum absolute atomic E-state index is 0.105. The van der Waals surface area contributed by atoms with Gasteiger partial charge in [-0.1, -0.05) is 0 Å². The number of allylic oxidation sites excluding steroid dienone is 8. The molecule has 2 aliphatic carbocycles. The molecule has 0 fully saturated rings. The van der Waals surface area contributed by atoms with E-state index in [4.69, 9.17) is 14.0 Å². The summed E-state index contributed by atoms with van der Waals surface area (Å²) in [7, 11) is 3.33. The normalized spacial score (nSPS) is 15.8. The molecule has 2 aromatic carbocycles. The van der Waals surface area contributed by atoms with Gasteiger partial charge in [0.05, 0.1) is 0 Å². The summed E-state index contributed by atoms with van der Waals surface area (Å²) >= 11 is -1.42. The summed E-state index contributed by atoms with van der Waals surface area (Å²) in [6.07, 6.45) is 17.1. The van der Waals surface area contributed by atoms with Crippen LogP contribution in [0.3, 0.4) is 0 Å². The second-order valence-electron chi connectivity index (χ2n) is 6.91. The zero-order chi connectivity index (χ0) is 21.5. The fourth-order valence-electron chi connectivity index (χ4n) is 3.65. The van der Waals surface area contributed by atoms with Gasteiger partial charge in [-0.05, 0) is 0 Å². The van der Waals surface area contributed by atoms with E-state index in [0.29, 0.717) is 0 Å². The van der Waals surface area contributed by atoms with E-state index in [9.17, 15) is 0 Å². The molecule has 2 aromatic rings. The van der Waals surface area contributed by atoms with Gasteiger partial charge in [0.1, 0.15) is 0 Å². The Bertz CT molecular complexity index is 913. The van der Waals surface area contributed by atoms with Gasteiger partial charge in [-0.2, -0.15) is 0 Å². The summed E-state index contributed by atoms with van der Waals surface area (Å²) < 4.78 is 24.9. The molecule has 0 spiro atoms. The van der Waals surface area contributed by atoms with Crippen LogP contribution in [0, 0.1) is 0 Å². The Morgan fingerprint density at radius 2 is 1.00 bits per heavy atom. The number of benzene rings is 2. The second kappa shape index (κ2) is 10.9. The summed E-state index contributed by atoms with van der Waals surface area (Å²) in [6.45, 7) is 0. The minimum atomic E-state index is -4.03. The van der Waals surface area contributed by atoms with Gasteiger partial charge >= 0.3 is 199 Å². The molecule has 31 heavy (non-hydrogen) atoms. The Balaban J connectivity index is 1.82. The second-order valence-corrected chi connectivity index (χ2v) is 16.6. The van der Waals surface area contributed by atoms with Gasteiger partial charge in [-0.15, -0.1) is 0 Å². The molecular formula is C24H24O4S2Zr. The molecule has 0 bridgehead atoms. The summed E-state index contributed by atoms with van der Waals surface area (Å²) in [5.41, 5.74) is 0. The fourth-order valence-corrected chi connectivity index (χ4v) is 13.8. The van der Waals surface area contributed by atoms with Gasteiger partial charge in [0.2, 0.25) is 0 Å². The monoisotopic (exact) mass is 530 g/mol. The van der Waals surface area contributed by atoms with E-state index in [1.54, 1.807) is 14.2 Å². The molecule has 0 heterocycles. The average molecular weight is 532 g/mol. The van der Waals surface area contributed by atoms with E-state index in [0.717, 1.165) is 21.3 Å². The quantitative estimate of drug-likeness (QED) is 0.300. The van der Waals surface area contributed by atoms with Gasteiger partial charge < -0.3 is 0 Å². The molecule has 2 aliphatic rings. The molecule has 0 unspecified atom stereocenters. The molecule has 0 saturated carbocycles. The van der Waals surface area contributed by atoms with Crippen LogP contribution in [0.15, 0.2) is 107 Å². The third kappa shape index (κ3) is 5.12. The first-order valence-electron chi connectivity index (χ1n) is 9.94. The Kier molecular flexibility index (Phi) is 7.97. The number of hydrogen-bond donors (Lipinski definition) is 0. The van der Waals surface area contributed by atoms with E-state index >= 15 is 0 Å². The zero-order valence-corrected chi connectivity index (χ0v) is 21.4. The van der Waals surface area contributed by atoms with Gasteiger partial charge in [0.15, 0.2) is 0 Å². The Labute approximate surface area is 198 Å². The number of hydrogen-bond acceptors (Lipinski definition) is 6. The topological polar surface area (TPSA) is 36.9 Å². The number of rotatable bonds is 10. The SMILES string of the molecule is COSc1ccccc1[O][Zr]([O]c1ccccc1SOC)([CH]1C=CC=C1)[CH]1C=CC=C1. The van der Waals surface area contributed by atoms with E-state index in [2.05, 4.69) is 48.6 Å². The molecular weight excluding hydrogens is 508 g/mol. The van der Waals surface area contributed by atoms with Crippen molar-refractivity contribution in [3.63, 3.8) is 0 Å². The maximum atomic E-state index is 7.02. The molecule has 4 nitrogen and oxygen atoms in total. The van der Waals surface area contributed by atoms with Crippen molar-refractivity contribution < 1.29 is 35.1 Å². The molecule has 0 amide bonds. The summed E-state index contributed by atoms with van der Waals surface area (Å²) in [4.78, 5) is 1.87. The number of para-hydroxylation sites is 2. The molecule has 0 aromatic heterocycles. The predicted molar refractivity (Wildman–Crippen MR) is 124 cm³/mol. The predicted octanol–water partition coefficient (Wildman–Crippen LogP) is 7.26. The standard InChI is InChI=1S/2C7H8O2S.2C5H5.Zr/c2*1-9-10-7-5-3-2-4-6(7)8;2*1-2-4-5-3-1;/h2*2-5,8H,1H3;2*1-5H;/q;;;;+2/p-2. The molecule has 4 rings (SSSR count). The summed E-state index contributed by atoms with van der Waals surface area (Å²) in [6, 6.07) is 16.0. The molecule has 0 atom stereocenters. The van der Waals surface area contributed by atoms with Crippen molar-refractivity contribution in [3.05, 3.63) is 97.1 Å². The Morgan fingerprint density at radius 1 is 0.613 bits per heavy atom. The average Bonchev–Trinajstić information content (AvgIpc) is 3.51. The third-order valence-electron chi connectivity index (χ3n) is 5.01. The zero-order valence-electron chi connectivity index (χ0n) is 17.3. The van der Waals surface area contributed by atoms with Crippen LogP contribution >= 0.6 is 24.1 Å². The van der Waals surface area contributed by atoms with Gasteiger partial charge in [0.25, 0.3) is 0 Å². The van der Waals surface area contributed by atoms with Crippen molar-refractivity contribution in [2.24, 2.45) is 0 Å². The molecule has 7 heteroatoms. The first kappa shape index (κ1) is 22.7. The van der Waals surface area contributed by atoms with Gasteiger partial charge in [0, 0.05) is 0 Å². The summed E-state index contributed by atoms with van der Waals surface area (Å²) in [5.74, 6) is 1.59. The van der Waals surface area contributed by atoms with E-state index in [1.165, 1.54) is 24.1 Å².